The minimum atomic E-state index is -1.31. The second-order valence-electron chi connectivity index (χ2n) is 2.75. The molecule has 0 aliphatic rings. The molecule has 7 nitrogen and oxygen atoms in total. The molecule has 0 spiro atoms. The number of carbonyl (C=O) groups excluding carboxylic acids is 1. The Morgan fingerprint density at radius 2 is 1.81 bits per heavy atom. The highest BCUT2D eigenvalue weighted by atomic mass is 16.5. The molecular weight excluding hydrogens is 216 g/mol. The van der Waals surface area contributed by atoms with E-state index in [2.05, 4.69) is 10.1 Å². The van der Waals surface area contributed by atoms with Gasteiger partial charge in [0.2, 0.25) is 0 Å². The number of anilines is 2. The van der Waals surface area contributed by atoms with Crippen molar-refractivity contribution in [2.45, 2.75) is 0 Å². The molecule has 0 atom stereocenters. The lowest BCUT2D eigenvalue weighted by Crippen LogP contribution is -2.12. The van der Waals surface area contributed by atoms with E-state index in [0.29, 0.717) is 0 Å². The van der Waals surface area contributed by atoms with Gasteiger partial charge in [0.25, 0.3) is 0 Å². The van der Waals surface area contributed by atoms with Gasteiger partial charge in [-0.15, -0.1) is 0 Å². The largest absolute Gasteiger partial charge is 0.504 e. The molecule has 0 fully saturated rings. The topological polar surface area (TPSA) is 108 Å². The van der Waals surface area contributed by atoms with Crippen molar-refractivity contribution in [1.82, 2.24) is 0 Å². The van der Waals surface area contributed by atoms with Crippen LogP contribution in [0.2, 0.25) is 0 Å². The average molecular weight is 226 g/mol. The molecule has 0 radical (unpaired) electrons. The Labute approximate surface area is 90.7 Å². The molecule has 0 unspecified atom stereocenters. The lowest BCUT2D eigenvalue weighted by atomic mass is 10.2. The van der Waals surface area contributed by atoms with Crippen LogP contribution in [-0.2, 0) is 4.74 Å². The number of ether oxygens (including phenoxy) is 1. The molecule has 2 amide bonds. The molecule has 16 heavy (non-hydrogen) atoms. The normalized spacial score (nSPS) is 9.31. The number of methoxy groups -OCH3 is 1. The van der Waals surface area contributed by atoms with Gasteiger partial charge in [0.15, 0.2) is 5.75 Å². The molecule has 7 heteroatoms. The van der Waals surface area contributed by atoms with Crippen molar-refractivity contribution in [3.8, 4) is 5.75 Å². The van der Waals surface area contributed by atoms with Crippen LogP contribution in [0.15, 0.2) is 18.2 Å². The van der Waals surface area contributed by atoms with Crippen molar-refractivity contribution in [1.29, 1.82) is 0 Å². The monoisotopic (exact) mass is 226 g/mol. The minimum Gasteiger partial charge on any atom is -0.504 e. The van der Waals surface area contributed by atoms with Gasteiger partial charge in [-0.05, 0) is 12.1 Å². The SMILES string of the molecule is COC(=O)Nc1cccc(NC(=O)O)c1O. The van der Waals surface area contributed by atoms with Gasteiger partial charge in [-0.3, -0.25) is 10.6 Å². The zero-order valence-corrected chi connectivity index (χ0v) is 8.35. The molecule has 0 aliphatic carbocycles. The van der Waals surface area contributed by atoms with E-state index in [1.807, 2.05) is 5.32 Å². The van der Waals surface area contributed by atoms with Crippen LogP contribution in [0.25, 0.3) is 0 Å². The van der Waals surface area contributed by atoms with Crippen molar-refractivity contribution in [3.05, 3.63) is 18.2 Å². The molecule has 0 saturated heterocycles. The number of benzene rings is 1. The Morgan fingerprint density at radius 3 is 2.31 bits per heavy atom. The van der Waals surface area contributed by atoms with Gasteiger partial charge in [-0.1, -0.05) is 6.07 Å². The van der Waals surface area contributed by atoms with Crippen LogP contribution >= 0.6 is 0 Å². The molecule has 1 aromatic rings. The fourth-order valence-corrected chi connectivity index (χ4v) is 1.02. The summed E-state index contributed by atoms with van der Waals surface area (Å²) in [6.45, 7) is 0. The van der Waals surface area contributed by atoms with Gasteiger partial charge in [0, 0.05) is 0 Å². The van der Waals surface area contributed by atoms with E-state index in [1.165, 1.54) is 25.3 Å². The number of hydrogen-bond acceptors (Lipinski definition) is 4. The first kappa shape index (κ1) is 11.6. The lowest BCUT2D eigenvalue weighted by molar-refractivity contribution is 0.186. The molecular formula is C9H10N2O5. The summed E-state index contributed by atoms with van der Waals surface area (Å²) in [4.78, 5) is 21.3. The molecule has 0 aromatic heterocycles. The molecule has 4 N–H and O–H groups in total. The van der Waals surface area contributed by atoms with E-state index in [0.717, 1.165) is 0 Å². The van der Waals surface area contributed by atoms with Crippen LogP contribution in [-0.4, -0.2) is 29.5 Å². The maximum absolute atomic E-state index is 10.9. The molecule has 0 saturated carbocycles. The Hall–Kier alpha value is -2.44. The van der Waals surface area contributed by atoms with Crippen LogP contribution in [0.4, 0.5) is 21.0 Å². The molecule has 1 aromatic carbocycles. The summed E-state index contributed by atoms with van der Waals surface area (Å²) in [7, 11) is 1.17. The van der Waals surface area contributed by atoms with Gasteiger partial charge in [-0.25, -0.2) is 9.59 Å². The van der Waals surface area contributed by atoms with Crippen LogP contribution < -0.4 is 10.6 Å². The highest BCUT2D eigenvalue weighted by Crippen LogP contribution is 2.31. The van der Waals surface area contributed by atoms with Crippen LogP contribution in [0, 0.1) is 0 Å². The number of para-hydroxylation sites is 1. The van der Waals surface area contributed by atoms with Crippen LogP contribution in [0.1, 0.15) is 0 Å². The quantitative estimate of drug-likeness (QED) is 0.573. The smallest absolute Gasteiger partial charge is 0.411 e. The van der Waals surface area contributed by atoms with Crippen molar-refractivity contribution in [2.24, 2.45) is 0 Å². The van der Waals surface area contributed by atoms with Crippen molar-refractivity contribution < 1.29 is 24.5 Å². The summed E-state index contributed by atoms with van der Waals surface area (Å²) in [5.41, 5.74) is 0.0273. The number of aromatic hydroxyl groups is 1. The maximum atomic E-state index is 10.9. The zero-order valence-electron chi connectivity index (χ0n) is 8.35. The third-order valence-electron chi connectivity index (χ3n) is 1.70. The first-order chi connectivity index (χ1) is 7.54. The summed E-state index contributed by atoms with van der Waals surface area (Å²) in [6.07, 6.45) is -2.08. The first-order valence-corrected chi connectivity index (χ1v) is 4.21. The highest BCUT2D eigenvalue weighted by Gasteiger charge is 2.11. The number of carbonyl (C=O) groups is 2. The van der Waals surface area contributed by atoms with Crippen LogP contribution in [0.3, 0.4) is 0 Å². The predicted octanol–water partition coefficient (Wildman–Crippen LogP) is 1.66. The summed E-state index contributed by atoms with van der Waals surface area (Å²) < 4.78 is 4.33. The molecule has 86 valence electrons. The predicted molar refractivity (Wildman–Crippen MR) is 55.8 cm³/mol. The Morgan fingerprint density at radius 1 is 1.25 bits per heavy atom. The Bertz CT molecular complexity index is 418. The third-order valence-corrected chi connectivity index (χ3v) is 1.70. The van der Waals surface area contributed by atoms with Gasteiger partial charge in [-0.2, -0.15) is 0 Å². The van der Waals surface area contributed by atoms with Gasteiger partial charge < -0.3 is 14.9 Å². The highest BCUT2D eigenvalue weighted by molar-refractivity contribution is 5.92. The molecule has 0 heterocycles. The number of rotatable bonds is 2. The van der Waals surface area contributed by atoms with Crippen molar-refractivity contribution >= 4 is 23.6 Å². The third kappa shape index (κ3) is 2.77. The summed E-state index contributed by atoms with van der Waals surface area (Å²) in [6, 6.07) is 4.22. The number of nitrogens with one attached hydrogen (secondary N) is 2. The van der Waals surface area contributed by atoms with Gasteiger partial charge >= 0.3 is 12.2 Å². The minimum absolute atomic E-state index is 0.0265. The zero-order chi connectivity index (χ0) is 12.1. The number of hydrogen-bond donors (Lipinski definition) is 4. The standard InChI is InChI=1S/C9H10N2O5/c1-16-9(15)11-6-4-2-3-5(7(6)12)10-8(13)14/h2-4,10,12H,1H3,(H,11,15)(H,13,14). The Kier molecular flexibility index (Phi) is 3.54. The van der Waals surface area contributed by atoms with E-state index in [1.54, 1.807) is 0 Å². The van der Waals surface area contributed by atoms with Gasteiger partial charge in [0.05, 0.1) is 18.5 Å². The maximum Gasteiger partial charge on any atom is 0.411 e. The second-order valence-corrected chi connectivity index (χ2v) is 2.75. The number of amides is 2. The molecule has 0 aliphatic heterocycles. The Balaban J connectivity index is 2.94. The van der Waals surface area contributed by atoms with E-state index >= 15 is 0 Å². The number of phenolic OH excluding ortho intramolecular Hbond substituents is 1. The van der Waals surface area contributed by atoms with Crippen LogP contribution in [0.5, 0.6) is 5.75 Å². The van der Waals surface area contributed by atoms with E-state index in [9.17, 15) is 14.7 Å². The summed E-state index contributed by atoms with van der Waals surface area (Å²) >= 11 is 0. The van der Waals surface area contributed by atoms with Crippen molar-refractivity contribution in [2.75, 3.05) is 17.7 Å². The summed E-state index contributed by atoms with van der Waals surface area (Å²) in [5, 5.41) is 22.3. The van der Waals surface area contributed by atoms with Crippen molar-refractivity contribution in [3.63, 3.8) is 0 Å². The van der Waals surface area contributed by atoms with Gasteiger partial charge in [0.1, 0.15) is 0 Å². The fraction of sp³-hybridized carbons (Fsp3) is 0.111. The van der Waals surface area contributed by atoms with E-state index in [-0.39, 0.29) is 17.1 Å². The summed E-state index contributed by atoms with van der Waals surface area (Å²) in [5.74, 6) is -0.379. The average Bonchev–Trinajstić information content (AvgIpc) is 2.23. The lowest BCUT2D eigenvalue weighted by Gasteiger charge is -2.09. The fourth-order valence-electron chi connectivity index (χ4n) is 1.02. The molecule has 0 bridgehead atoms. The van der Waals surface area contributed by atoms with E-state index < -0.39 is 12.2 Å². The second kappa shape index (κ2) is 4.87. The van der Waals surface area contributed by atoms with E-state index in [4.69, 9.17) is 5.11 Å². The number of phenols is 1. The number of carboxylic acid groups (broad SMARTS) is 1. The molecule has 1 rings (SSSR count). The first-order valence-electron chi connectivity index (χ1n) is 4.21.